The Hall–Kier alpha value is -1.64. The van der Waals surface area contributed by atoms with Crippen LogP contribution in [0.5, 0.6) is 0 Å². The van der Waals surface area contributed by atoms with Gasteiger partial charge in [-0.1, -0.05) is 71.9 Å². The molecule has 0 saturated heterocycles. The van der Waals surface area contributed by atoms with Gasteiger partial charge in [0.25, 0.3) is 5.91 Å². The number of nitrogens with one attached hydrogen (secondary N) is 1. The quantitative estimate of drug-likeness (QED) is 0.367. The van der Waals surface area contributed by atoms with Crippen molar-refractivity contribution in [2.24, 2.45) is 5.10 Å². The standard InChI is InChI=1S/C20H32N2O/c1-5-6-7-8-9-10-11-16-21-22-19(23)17-12-14-18(15-13-17)20(2,3)4/h12-16H,5-11H2,1-4H3,(H,22,23). The van der Waals surface area contributed by atoms with Crippen molar-refractivity contribution in [1.29, 1.82) is 0 Å². The van der Waals surface area contributed by atoms with Crippen LogP contribution in [0.15, 0.2) is 29.4 Å². The Morgan fingerprint density at radius 1 is 1.04 bits per heavy atom. The van der Waals surface area contributed by atoms with Gasteiger partial charge in [-0.2, -0.15) is 5.10 Å². The van der Waals surface area contributed by atoms with Crippen LogP contribution in [-0.2, 0) is 5.41 Å². The summed E-state index contributed by atoms with van der Waals surface area (Å²) in [7, 11) is 0. The van der Waals surface area contributed by atoms with Crippen LogP contribution < -0.4 is 5.43 Å². The van der Waals surface area contributed by atoms with Gasteiger partial charge in [-0.3, -0.25) is 4.79 Å². The maximum Gasteiger partial charge on any atom is 0.271 e. The normalized spacial score (nSPS) is 11.8. The number of carbonyl (C=O) groups excluding carboxylic acids is 1. The fourth-order valence-electron chi connectivity index (χ4n) is 2.37. The van der Waals surface area contributed by atoms with Crippen molar-refractivity contribution in [2.75, 3.05) is 0 Å². The molecule has 23 heavy (non-hydrogen) atoms. The lowest BCUT2D eigenvalue weighted by Gasteiger charge is -2.18. The van der Waals surface area contributed by atoms with Crippen LogP contribution in [0, 0.1) is 0 Å². The molecule has 3 nitrogen and oxygen atoms in total. The van der Waals surface area contributed by atoms with Gasteiger partial charge in [0, 0.05) is 11.8 Å². The summed E-state index contributed by atoms with van der Waals surface area (Å²) in [5, 5.41) is 4.03. The molecule has 1 aromatic carbocycles. The summed E-state index contributed by atoms with van der Waals surface area (Å²) < 4.78 is 0. The first kappa shape index (κ1) is 19.4. The lowest BCUT2D eigenvalue weighted by Crippen LogP contribution is -2.18. The topological polar surface area (TPSA) is 41.5 Å². The molecule has 0 unspecified atom stereocenters. The number of rotatable bonds is 9. The number of hydrogen-bond donors (Lipinski definition) is 1. The molecular formula is C20H32N2O. The lowest BCUT2D eigenvalue weighted by atomic mass is 9.87. The van der Waals surface area contributed by atoms with Gasteiger partial charge in [-0.05, 0) is 36.0 Å². The Labute approximate surface area is 141 Å². The second-order valence-corrected chi connectivity index (χ2v) is 7.14. The largest absolute Gasteiger partial charge is 0.271 e. The van der Waals surface area contributed by atoms with Gasteiger partial charge in [-0.25, -0.2) is 5.43 Å². The molecule has 3 heteroatoms. The average Bonchev–Trinajstić information content (AvgIpc) is 2.52. The monoisotopic (exact) mass is 316 g/mol. The van der Waals surface area contributed by atoms with Crippen molar-refractivity contribution in [3.05, 3.63) is 35.4 Å². The fraction of sp³-hybridized carbons (Fsp3) is 0.600. The number of hydrazone groups is 1. The van der Waals surface area contributed by atoms with Crippen LogP contribution in [0.3, 0.4) is 0 Å². The molecule has 0 fully saturated rings. The van der Waals surface area contributed by atoms with Crippen molar-refractivity contribution in [3.63, 3.8) is 0 Å². The van der Waals surface area contributed by atoms with Gasteiger partial charge in [0.1, 0.15) is 0 Å². The summed E-state index contributed by atoms with van der Waals surface area (Å²) in [5.74, 6) is -0.148. The van der Waals surface area contributed by atoms with Crippen molar-refractivity contribution in [2.45, 2.75) is 78.1 Å². The number of benzene rings is 1. The smallest absolute Gasteiger partial charge is 0.267 e. The van der Waals surface area contributed by atoms with Crippen LogP contribution in [0.25, 0.3) is 0 Å². The number of hydrogen-bond acceptors (Lipinski definition) is 2. The molecular weight excluding hydrogens is 284 g/mol. The van der Waals surface area contributed by atoms with Gasteiger partial charge in [-0.15, -0.1) is 0 Å². The number of carbonyl (C=O) groups is 1. The van der Waals surface area contributed by atoms with E-state index in [0.29, 0.717) is 5.56 Å². The highest BCUT2D eigenvalue weighted by molar-refractivity contribution is 5.94. The highest BCUT2D eigenvalue weighted by Gasteiger charge is 2.13. The van der Waals surface area contributed by atoms with Gasteiger partial charge >= 0.3 is 0 Å². The Kier molecular flexibility index (Phi) is 8.60. The SMILES string of the molecule is CCCCCCCCC=NNC(=O)c1ccc(C(C)(C)C)cc1. The summed E-state index contributed by atoms with van der Waals surface area (Å²) in [6.07, 6.45) is 10.4. The molecule has 1 aromatic rings. The first-order valence-corrected chi connectivity index (χ1v) is 8.87. The van der Waals surface area contributed by atoms with Crippen LogP contribution in [0.2, 0.25) is 0 Å². The molecule has 0 spiro atoms. The Morgan fingerprint density at radius 3 is 2.26 bits per heavy atom. The molecule has 1 rings (SSSR count). The highest BCUT2D eigenvalue weighted by Crippen LogP contribution is 2.22. The predicted molar refractivity (Wildman–Crippen MR) is 99.1 cm³/mol. The molecule has 0 bridgehead atoms. The van der Waals surface area contributed by atoms with Crippen molar-refractivity contribution in [3.8, 4) is 0 Å². The lowest BCUT2D eigenvalue weighted by molar-refractivity contribution is 0.0955. The van der Waals surface area contributed by atoms with Crippen LogP contribution in [-0.4, -0.2) is 12.1 Å². The molecule has 0 atom stereocenters. The molecule has 0 aliphatic carbocycles. The van der Waals surface area contributed by atoms with Crippen LogP contribution in [0.4, 0.5) is 0 Å². The second kappa shape index (κ2) is 10.2. The molecule has 0 aliphatic heterocycles. The van der Waals surface area contributed by atoms with E-state index in [1.807, 2.05) is 24.3 Å². The Balaban J connectivity index is 2.27. The molecule has 128 valence electrons. The molecule has 0 radical (unpaired) electrons. The van der Waals surface area contributed by atoms with Gasteiger partial charge < -0.3 is 0 Å². The molecule has 0 heterocycles. The summed E-state index contributed by atoms with van der Waals surface area (Å²) in [6, 6.07) is 7.74. The van der Waals surface area contributed by atoms with E-state index in [2.05, 4.69) is 38.2 Å². The molecule has 1 amide bonds. The number of unbranched alkanes of at least 4 members (excludes halogenated alkanes) is 6. The van der Waals surface area contributed by atoms with E-state index in [-0.39, 0.29) is 11.3 Å². The molecule has 1 N–H and O–H groups in total. The third-order valence-corrected chi connectivity index (χ3v) is 3.96. The molecule has 0 aromatic heterocycles. The molecule has 0 saturated carbocycles. The fourth-order valence-corrected chi connectivity index (χ4v) is 2.37. The first-order valence-electron chi connectivity index (χ1n) is 8.87. The van der Waals surface area contributed by atoms with Crippen molar-refractivity contribution < 1.29 is 4.79 Å². The zero-order chi connectivity index (χ0) is 17.1. The van der Waals surface area contributed by atoms with E-state index in [4.69, 9.17) is 0 Å². The van der Waals surface area contributed by atoms with E-state index in [1.54, 1.807) is 6.21 Å². The third kappa shape index (κ3) is 7.96. The zero-order valence-electron chi connectivity index (χ0n) is 15.2. The summed E-state index contributed by atoms with van der Waals surface area (Å²) >= 11 is 0. The van der Waals surface area contributed by atoms with E-state index in [1.165, 1.54) is 37.7 Å². The van der Waals surface area contributed by atoms with Crippen LogP contribution >= 0.6 is 0 Å². The Morgan fingerprint density at radius 2 is 1.65 bits per heavy atom. The number of amides is 1. The maximum absolute atomic E-state index is 12.0. The predicted octanol–water partition coefficient (Wildman–Crippen LogP) is 5.45. The molecule has 0 aliphatic rings. The summed E-state index contributed by atoms with van der Waals surface area (Å²) in [5.41, 5.74) is 4.57. The maximum atomic E-state index is 12.0. The van der Waals surface area contributed by atoms with Gasteiger partial charge in [0.2, 0.25) is 0 Å². The minimum Gasteiger partial charge on any atom is -0.267 e. The zero-order valence-corrected chi connectivity index (χ0v) is 15.2. The van der Waals surface area contributed by atoms with E-state index >= 15 is 0 Å². The summed E-state index contributed by atoms with van der Waals surface area (Å²) in [4.78, 5) is 12.0. The van der Waals surface area contributed by atoms with E-state index in [9.17, 15) is 4.79 Å². The average molecular weight is 316 g/mol. The first-order chi connectivity index (χ1) is 10.9. The van der Waals surface area contributed by atoms with Gasteiger partial charge in [0.05, 0.1) is 0 Å². The van der Waals surface area contributed by atoms with E-state index in [0.717, 1.165) is 12.8 Å². The summed E-state index contributed by atoms with van der Waals surface area (Å²) in [6.45, 7) is 8.71. The highest BCUT2D eigenvalue weighted by atomic mass is 16.2. The third-order valence-electron chi connectivity index (χ3n) is 3.96. The van der Waals surface area contributed by atoms with Crippen molar-refractivity contribution >= 4 is 12.1 Å². The van der Waals surface area contributed by atoms with E-state index < -0.39 is 0 Å². The minimum atomic E-state index is -0.148. The van der Waals surface area contributed by atoms with Gasteiger partial charge in [0.15, 0.2) is 0 Å². The minimum absolute atomic E-state index is 0.101. The van der Waals surface area contributed by atoms with Crippen molar-refractivity contribution in [1.82, 2.24) is 5.43 Å². The number of nitrogens with zero attached hydrogens (tertiary/aromatic N) is 1. The Bertz CT molecular complexity index is 483. The second-order valence-electron chi connectivity index (χ2n) is 7.14. The van der Waals surface area contributed by atoms with Crippen LogP contribution in [0.1, 0.15) is 88.6 Å².